The van der Waals surface area contributed by atoms with Crippen molar-refractivity contribution in [2.24, 2.45) is 0 Å². The smallest absolute Gasteiger partial charge is 0.349 e. The first-order chi connectivity index (χ1) is 15.1. The lowest BCUT2D eigenvalue weighted by molar-refractivity contribution is -0.113. The molecule has 8 nitrogen and oxygen atoms in total. The van der Waals surface area contributed by atoms with Gasteiger partial charge in [0.05, 0.1) is 32.8 Å². The number of fused-ring (bicyclic) bond motifs is 1. The molecule has 1 aromatic carbocycles. The molecule has 0 unspecified atom stereocenters. The number of hydrogen-bond donors (Lipinski definition) is 1. The Hall–Kier alpha value is -3.20. The van der Waals surface area contributed by atoms with E-state index in [4.69, 9.17) is 13.9 Å². The molecule has 9 heteroatoms. The van der Waals surface area contributed by atoms with E-state index in [1.54, 1.807) is 49.3 Å². The zero-order chi connectivity index (χ0) is 21.8. The van der Waals surface area contributed by atoms with Gasteiger partial charge in [-0.1, -0.05) is 11.8 Å². The van der Waals surface area contributed by atoms with E-state index >= 15 is 0 Å². The number of nitrogens with zero attached hydrogens (tertiary/aromatic N) is 2. The zero-order valence-corrected chi connectivity index (χ0v) is 18.2. The number of carbonyl (C=O) groups is 1. The van der Waals surface area contributed by atoms with Crippen LogP contribution in [0.15, 0.2) is 50.8 Å². The lowest BCUT2D eigenvalue weighted by Gasteiger charge is -2.13. The summed E-state index contributed by atoms with van der Waals surface area (Å²) >= 11 is 1.29. The van der Waals surface area contributed by atoms with Gasteiger partial charge in [0.2, 0.25) is 5.91 Å². The summed E-state index contributed by atoms with van der Waals surface area (Å²) in [4.78, 5) is 29.4. The number of carbonyl (C=O) groups excluding carboxylic acids is 1. The Labute approximate surface area is 183 Å². The van der Waals surface area contributed by atoms with Crippen molar-refractivity contribution in [2.45, 2.75) is 30.8 Å². The molecule has 2 aromatic heterocycles. The standard InChI is InChI=1S/C22H23N3O5S/c1-28-18-9-8-14(11-19(18)29-2)23-20(26)13-31-21-16-6-3-7-17(16)25(22(27)24-21)12-15-5-4-10-30-15/h4-5,8-11H,3,6-7,12-13H2,1-2H3,(H,23,26). The highest BCUT2D eigenvalue weighted by molar-refractivity contribution is 8.00. The van der Waals surface area contributed by atoms with Gasteiger partial charge in [-0.2, -0.15) is 4.98 Å². The minimum absolute atomic E-state index is 0.148. The van der Waals surface area contributed by atoms with Crippen molar-refractivity contribution >= 4 is 23.4 Å². The van der Waals surface area contributed by atoms with Gasteiger partial charge in [0.25, 0.3) is 0 Å². The fraction of sp³-hybridized carbons (Fsp3) is 0.318. The highest BCUT2D eigenvalue weighted by Gasteiger charge is 2.23. The third-order valence-corrected chi connectivity index (χ3v) is 6.12. The van der Waals surface area contributed by atoms with Crippen LogP contribution in [-0.2, 0) is 24.2 Å². The molecule has 1 aliphatic carbocycles. The van der Waals surface area contributed by atoms with E-state index < -0.39 is 0 Å². The number of nitrogens with one attached hydrogen (secondary N) is 1. The molecule has 0 aliphatic heterocycles. The molecule has 0 spiro atoms. The highest BCUT2D eigenvalue weighted by atomic mass is 32.2. The van der Waals surface area contributed by atoms with Gasteiger partial charge in [-0.25, -0.2) is 4.79 Å². The maximum Gasteiger partial charge on any atom is 0.349 e. The van der Waals surface area contributed by atoms with Crippen LogP contribution in [0, 0.1) is 0 Å². The molecular weight excluding hydrogens is 418 g/mol. The van der Waals surface area contributed by atoms with Gasteiger partial charge in [0.1, 0.15) is 10.8 Å². The number of hydrogen-bond acceptors (Lipinski definition) is 7. The minimum Gasteiger partial charge on any atom is -0.493 e. The van der Waals surface area contributed by atoms with E-state index in [2.05, 4.69) is 10.3 Å². The van der Waals surface area contributed by atoms with E-state index in [-0.39, 0.29) is 17.3 Å². The van der Waals surface area contributed by atoms with E-state index in [0.717, 1.165) is 30.5 Å². The molecule has 31 heavy (non-hydrogen) atoms. The summed E-state index contributed by atoms with van der Waals surface area (Å²) in [5.41, 5.74) is 2.32. The van der Waals surface area contributed by atoms with Gasteiger partial charge in [0, 0.05) is 23.0 Å². The SMILES string of the molecule is COc1ccc(NC(=O)CSc2nc(=O)n(Cc3ccco3)c3c2CCC3)cc1OC. The molecule has 1 aliphatic rings. The fourth-order valence-electron chi connectivity index (χ4n) is 3.67. The van der Waals surface area contributed by atoms with Crippen LogP contribution in [0.5, 0.6) is 11.5 Å². The number of methoxy groups -OCH3 is 2. The van der Waals surface area contributed by atoms with Gasteiger partial charge in [0.15, 0.2) is 11.5 Å². The molecule has 0 fully saturated rings. The van der Waals surface area contributed by atoms with Gasteiger partial charge >= 0.3 is 5.69 Å². The lowest BCUT2D eigenvalue weighted by Crippen LogP contribution is -2.28. The molecule has 0 atom stereocenters. The molecule has 0 saturated heterocycles. The van der Waals surface area contributed by atoms with Crippen LogP contribution in [0.3, 0.4) is 0 Å². The third-order valence-electron chi connectivity index (χ3n) is 5.10. The molecule has 2 heterocycles. The van der Waals surface area contributed by atoms with Crippen LogP contribution in [0.25, 0.3) is 0 Å². The number of ether oxygens (including phenoxy) is 2. The molecule has 1 N–H and O–H groups in total. The molecule has 162 valence electrons. The maximum absolute atomic E-state index is 12.7. The second-order valence-electron chi connectivity index (χ2n) is 7.05. The van der Waals surface area contributed by atoms with Gasteiger partial charge in [-0.3, -0.25) is 9.36 Å². The number of amides is 1. The van der Waals surface area contributed by atoms with Crippen LogP contribution in [-0.4, -0.2) is 35.4 Å². The largest absolute Gasteiger partial charge is 0.493 e. The monoisotopic (exact) mass is 441 g/mol. The van der Waals surface area contributed by atoms with Gasteiger partial charge < -0.3 is 19.2 Å². The Morgan fingerprint density at radius 1 is 1.23 bits per heavy atom. The normalized spacial score (nSPS) is 12.5. The Kier molecular flexibility index (Phi) is 6.31. The van der Waals surface area contributed by atoms with Crippen molar-refractivity contribution < 1.29 is 18.7 Å². The molecule has 0 radical (unpaired) electrons. The first-order valence-corrected chi connectivity index (χ1v) is 10.9. The molecule has 0 bridgehead atoms. The Morgan fingerprint density at radius 2 is 2.06 bits per heavy atom. The fourth-order valence-corrected chi connectivity index (χ4v) is 4.55. The van der Waals surface area contributed by atoms with Gasteiger partial charge in [-0.05, 0) is 43.5 Å². The van der Waals surface area contributed by atoms with Crippen LogP contribution < -0.4 is 20.5 Å². The number of anilines is 1. The van der Waals surface area contributed by atoms with Crippen molar-refractivity contribution in [2.75, 3.05) is 25.3 Å². The van der Waals surface area contributed by atoms with Crippen molar-refractivity contribution in [3.8, 4) is 11.5 Å². The van der Waals surface area contributed by atoms with Crippen LogP contribution in [0.4, 0.5) is 5.69 Å². The van der Waals surface area contributed by atoms with Crippen LogP contribution >= 0.6 is 11.8 Å². The predicted molar refractivity (Wildman–Crippen MR) is 117 cm³/mol. The van der Waals surface area contributed by atoms with E-state index in [1.165, 1.54) is 11.8 Å². The average molecular weight is 442 g/mol. The molecule has 0 saturated carbocycles. The van der Waals surface area contributed by atoms with E-state index in [0.29, 0.717) is 34.5 Å². The quantitative estimate of drug-likeness (QED) is 0.424. The summed E-state index contributed by atoms with van der Waals surface area (Å²) in [5, 5.41) is 3.48. The predicted octanol–water partition coefficient (Wildman–Crippen LogP) is 3.12. The van der Waals surface area contributed by atoms with Crippen LogP contribution in [0.1, 0.15) is 23.4 Å². The summed E-state index contributed by atoms with van der Waals surface area (Å²) < 4.78 is 17.5. The van der Waals surface area contributed by atoms with Gasteiger partial charge in [-0.15, -0.1) is 0 Å². The first-order valence-electron chi connectivity index (χ1n) is 9.88. The number of benzene rings is 1. The first kappa shape index (κ1) is 21.0. The minimum atomic E-state index is -0.320. The summed E-state index contributed by atoms with van der Waals surface area (Å²) in [5.74, 6) is 1.80. The van der Waals surface area contributed by atoms with E-state index in [9.17, 15) is 9.59 Å². The molecule has 3 aromatic rings. The number of aromatic nitrogens is 2. The topological polar surface area (TPSA) is 95.6 Å². The number of furan rings is 1. The summed E-state index contributed by atoms with van der Waals surface area (Å²) in [6.45, 7) is 0.367. The van der Waals surface area contributed by atoms with Crippen molar-refractivity contribution in [1.29, 1.82) is 0 Å². The van der Waals surface area contributed by atoms with Crippen molar-refractivity contribution in [3.05, 3.63) is 64.1 Å². The average Bonchev–Trinajstić information content (AvgIpc) is 3.46. The van der Waals surface area contributed by atoms with Crippen molar-refractivity contribution in [3.63, 3.8) is 0 Å². The van der Waals surface area contributed by atoms with E-state index in [1.807, 2.05) is 6.07 Å². The van der Waals surface area contributed by atoms with Crippen LogP contribution in [0.2, 0.25) is 0 Å². The summed E-state index contributed by atoms with van der Waals surface area (Å²) in [6.07, 6.45) is 4.22. The number of thioether (sulfide) groups is 1. The molecule has 4 rings (SSSR count). The molecule has 1 amide bonds. The summed E-state index contributed by atoms with van der Waals surface area (Å²) in [6, 6.07) is 8.82. The number of rotatable bonds is 8. The Bertz CT molecular complexity index is 1140. The maximum atomic E-state index is 12.7. The zero-order valence-electron chi connectivity index (χ0n) is 17.3. The van der Waals surface area contributed by atoms with Crippen molar-refractivity contribution in [1.82, 2.24) is 9.55 Å². The Balaban J connectivity index is 1.46. The summed E-state index contributed by atoms with van der Waals surface area (Å²) in [7, 11) is 3.10. The second-order valence-corrected chi connectivity index (χ2v) is 8.01. The Morgan fingerprint density at radius 3 is 2.81 bits per heavy atom. The third kappa shape index (κ3) is 4.61. The second kappa shape index (κ2) is 9.30. The highest BCUT2D eigenvalue weighted by Crippen LogP contribution is 2.31. The molecular formula is C22H23N3O5S. The lowest BCUT2D eigenvalue weighted by atomic mass is 10.2.